The van der Waals surface area contributed by atoms with Gasteiger partial charge in [-0.2, -0.15) is 0 Å². The number of nitrogens with zero attached hydrogens (tertiary/aromatic N) is 2. The largest absolute Gasteiger partial charge is 0.340 e. The van der Waals surface area contributed by atoms with Gasteiger partial charge in [-0.1, -0.05) is 63.4 Å². The first-order chi connectivity index (χ1) is 14.7. The Balaban J connectivity index is 1.90. The first-order valence-corrected chi connectivity index (χ1v) is 12.1. The summed E-state index contributed by atoms with van der Waals surface area (Å²) in [6.45, 7) is 1.90. The SMILES string of the molecule is Cc1ccc(S(=O)(=O)N(CC(=O)N(C)Cc2ccc(Cl)cc2)c2cccc(Br)c2)cc1. The van der Waals surface area contributed by atoms with Gasteiger partial charge in [0.2, 0.25) is 5.91 Å². The van der Waals surface area contributed by atoms with Gasteiger partial charge in [0, 0.05) is 23.1 Å². The Morgan fingerprint density at radius 2 is 1.65 bits per heavy atom. The lowest BCUT2D eigenvalue weighted by Crippen LogP contribution is -2.41. The highest BCUT2D eigenvalue weighted by molar-refractivity contribution is 9.10. The maximum atomic E-state index is 13.4. The molecule has 0 heterocycles. The van der Waals surface area contributed by atoms with E-state index in [2.05, 4.69) is 15.9 Å². The van der Waals surface area contributed by atoms with E-state index in [0.717, 1.165) is 19.9 Å². The standard InChI is InChI=1S/C23H22BrClN2O3S/c1-17-6-12-22(13-7-17)31(29,30)27(21-5-3-4-19(24)14-21)16-23(28)26(2)15-18-8-10-20(25)11-9-18/h3-14H,15-16H2,1-2H3. The van der Waals surface area contributed by atoms with Gasteiger partial charge in [-0.3, -0.25) is 9.10 Å². The minimum Gasteiger partial charge on any atom is -0.340 e. The normalized spacial score (nSPS) is 11.2. The summed E-state index contributed by atoms with van der Waals surface area (Å²) in [5.74, 6) is -0.328. The van der Waals surface area contributed by atoms with Crippen LogP contribution in [0.25, 0.3) is 0 Å². The van der Waals surface area contributed by atoms with Crippen LogP contribution in [0.5, 0.6) is 0 Å². The summed E-state index contributed by atoms with van der Waals surface area (Å²) in [7, 11) is -2.30. The molecule has 162 valence electrons. The van der Waals surface area contributed by atoms with Gasteiger partial charge >= 0.3 is 0 Å². The number of carbonyl (C=O) groups is 1. The summed E-state index contributed by atoms with van der Waals surface area (Å²) in [5.41, 5.74) is 2.26. The average Bonchev–Trinajstić information content (AvgIpc) is 2.73. The third kappa shape index (κ3) is 5.87. The van der Waals surface area contributed by atoms with Crippen molar-refractivity contribution < 1.29 is 13.2 Å². The van der Waals surface area contributed by atoms with Gasteiger partial charge in [-0.15, -0.1) is 0 Å². The van der Waals surface area contributed by atoms with Crippen molar-refractivity contribution in [1.29, 1.82) is 0 Å². The zero-order valence-electron chi connectivity index (χ0n) is 17.1. The highest BCUT2D eigenvalue weighted by Gasteiger charge is 2.28. The lowest BCUT2D eigenvalue weighted by atomic mass is 10.2. The van der Waals surface area contributed by atoms with Gasteiger partial charge in [0.1, 0.15) is 6.54 Å². The van der Waals surface area contributed by atoms with Gasteiger partial charge in [0.05, 0.1) is 10.6 Å². The Bertz CT molecular complexity index is 1170. The fraction of sp³-hybridized carbons (Fsp3) is 0.174. The number of hydrogen-bond acceptors (Lipinski definition) is 3. The molecule has 0 aliphatic heterocycles. The number of likely N-dealkylation sites (N-methyl/N-ethyl adjacent to an activating group) is 1. The van der Waals surface area contributed by atoms with Crippen molar-refractivity contribution in [3.63, 3.8) is 0 Å². The summed E-state index contributed by atoms with van der Waals surface area (Å²) < 4.78 is 28.7. The molecule has 0 atom stereocenters. The van der Waals surface area contributed by atoms with Crippen LogP contribution in [-0.4, -0.2) is 32.8 Å². The molecular weight excluding hydrogens is 500 g/mol. The predicted octanol–water partition coefficient (Wildman–Crippen LogP) is 5.26. The molecule has 0 radical (unpaired) electrons. The fourth-order valence-electron chi connectivity index (χ4n) is 2.98. The summed E-state index contributed by atoms with van der Waals surface area (Å²) >= 11 is 9.30. The van der Waals surface area contributed by atoms with Crippen molar-refractivity contribution in [2.45, 2.75) is 18.4 Å². The Morgan fingerprint density at radius 3 is 2.26 bits per heavy atom. The van der Waals surface area contributed by atoms with Crippen LogP contribution in [-0.2, 0) is 21.4 Å². The smallest absolute Gasteiger partial charge is 0.264 e. The molecule has 5 nitrogen and oxygen atoms in total. The molecule has 0 unspecified atom stereocenters. The first kappa shape index (κ1) is 23.3. The molecule has 0 bridgehead atoms. The number of benzene rings is 3. The molecule has 3 aromatic carbocycles. The molecule has 0 fully saturated rings. The number of carbonyl (C=O) groups excluding carboxylic acids is 1. The summed E-state index contributed by atoms with van der Waals surface area (Å²) in [4.78, 5) is 14.6. The summed E-state index contributed by atoms with van der Waals surface area (Å²) in [6.07, 6.45) is 0. The zero-order valence-corrected chi connectivity index (χ0v) is 20.3. The second-order valence-corrected chi connectivity index (χ2v) is 10.4. The lowest BCUT2D eigenvalue weighted by Gasteiger charge is -2.27. The zero-order chi connectivity index (χ0) is 22.6. The summed E-state index contributed by atoms with van der Waals surface area (Å²) in [5, 5.41) is 0.614. The average molecular weight is 522 g/mol. The van der Waals surface area contributed by atoms with E-state index in [1.165, 1.54) is 4.90 Å². The highest BCUT2D eigenvalue weighted by atomic mass is 79.9. The highest BCUT2D eigenvalue weighted by Crippen LogP contribution is 2.26. The van der Waals surface area contributed by atoms with E-state index >= 15 is 0 Å². The van der Waals surface area contributed by atoms with Gasteiger partial charge in [-0.05, 0) is 55.0 Å². The number of rotatable bonds is 7. The monoisotopic (exact) mass is 520 g/mol. The van der Waals surface area contributed by atoms with Crippen molar-refractivity contribution in [3.05, 3.63) is 93.4 Å². The molecule has 31 heavy (non-hydrogen) atoms. The minimum atomic E-state index is -3.95. The molecule has 8 heteroatoms. The van der Waals surface area contributed by atoms with Crippen molar-refractivity contribution in [2.75, 3.05) is 17.9 Å². The van der Waals surface area contributed by atoms with Crippen LogP contribution in [0.4, 0.5) is 5.69 Å². The molecule has 0 aromatic heterocycles. The molecule has 0 aliphatic rings. The Kier molecular flexibility index (Phi) is 7.41. The van der Waals surface area contributed by atoms with Crippen LogP contribution in [0.3, 0.4) is 0 Å². The minimum absolute atomic E-state index is 0.131. The molecular formula is C23H22BrClN2O3S. The van der Waals surface area contributed by atoms with E-state index in [0.29, 0.717) is 17.3 Å². The second-order valence-electron chi connectivity index (χ2n) is 7.18. The number of sulfonamides is 1. The van der Waals surface area contributed by atoms with E-state index in [1.807, 2.05) is 19.1 Å². The second kappa shape index (κ2) is 9.85. The van der Waals surface area contributed by atoms with Crippen molar-refractivity contribution in [1.82, 2.24) is 4.90 Å². The number of hydrogen-bond donors (Lipinski definition) is 0. The van der Waals surface area contributed by atoms with E-state index in [4.69, 9.17) is 11.6 Å². The number of halogens is 2. The number of aryl methyl sites for hydroxylation is 1. The molecule has 1 amide bonds. The van der Waals surface area contributed by atoms with Crippen LogP contribution in [0.15, 0.2) is 82.2 Å². The third-order valence-corrected chi connectivity index (χ3v) is 7.28. The van der Waals surface area contributed by atoms with Gasteiger partial charge in [0.15, 0.2) is 0 Å². The fourth-order valence-corrected chi connectivity index (χ4v) is 4.90. The molecule has 3 rings (SSSR count). The van der Waals surface area contributed by atoms with E-state index in [1.54, 1.807) is 67.7 Å². The van der Waals surface area contributed by atoms with Gasteiger partial charge in [-0.25, -0.2) is 8.42 Å². The van der Waals surface area contributed by atoms with Crippen LogP contribution < -0.4 is 4.31 Å². The first-order valence-electron chi connectivity index (χ1n) is 9.50. The topological polar surface area (TPSA) is 57.7 Å². The van der Waals surface area contributed by atoms with E-state index in [-0.39, 0.29) is 17.3 Å². The molecule has 0 aliphatic carbocycles. The molecule has 3 aromatic rings. The lowest BCUT2D eigenvalue weighted by molar-refractivity contribution is -0.128. The van der Waals surface area contributed by atoms with Crippen LogP contribution >= 0.6 is 27.5 Å². The molecule has 0 saturated carbocycles. The maximum absolute atomic E-state index is 13.4. The van der Waals surface area contributed by atoms with E-state index < -0.39 is 10.0 Å². The number of anilines is 1. The van der Waals surface area contributed by atoms with Crippen LogP contribution in [0, 0.1) is 6.92 Å². The predicted molar refractivity (Wildman–Crippen MR) is 128 cm³/mol. The molecule has 0 N–H and O–H groups in total. The van der Waals surface area contributed by atoms with Gasteiger partial charge in [0.25, 0.3) is 10.0 Å². The quantitative estimate of drug-likeness (QED) is 0.426. The Hall–Kier alpha value is -2.35. The van der Waals surface area contributed by atoms with Crippen molar-refractivity contribution >= 4 is 49.1 Å². The summed E-state index contributed by atoms with van der Waals surface area (Å²) in [6, 6.07) is 20.6. The Morgan fingerprint density at radius 1 is 1.00 bits per heavy atom. The third-order valence-electron chi connectivity index (χ3n) is 4.74. The Labute approximate surface area is 196 Å². The molecule has 0 saturated heterocycles. The number of amides is 1. The maximum Gasteiger partial charge on any atom is 0.264 e. The molecule has 0 spiro atoms. The van der Waals surface area contributed by atoms with Crippen molar-refractivity contribution in [3.8, 4) is 0 Å². The van der Waals surface area contributed by atoms with Crippen molar-refractivity contribution in [2.24, 2.45) is 0 Å². The van der Waals surface area contributed by atoms with Crippen LogP contribution in [0.2, 0.25) is 5.02 Å². The van der Waals surface area contributed by atoms with E-state index in [9.17, 15) is 13.2 Å². The van der Waals surface area contributed by atoms with Crippen LogP contribution in [0.1, 0.15) is 11.1 Å². The van der Waals surface area contributed by atoms with Gasteiger partial charge < -0.3 is 4.90 Å².